The molecule has 0 bridgehead atoms. The zero-order valence-electron chi connectivity index (χ0n) is 14.0. The Morgan fingerprint density at radius 2 is 1.95 bits per heavy atom. The van der Waals surface area contributed by atoms with E-state index in [0.717, 1.165) is 11.6 Å². The number of nitrogens with one attached hydrogen (secondary N) is 2. The number of rotatable bonds is 4. The molecule has 5 heteroatoms. The summed E-state index contributed by atoms with van der Waals surface area (Å²) in [6.07, 6.45) is 1.88. The molecule has 0 heterocycles. The molecule has 1 aliphatic rings. The van der Waals surface area contributed by atoms with Crippen molar-refractivity contribution in [1.29, 1.82) is 0 Å². The van der Waals surface area contributed by atoms with Crippen molar-refractivity contribution < 1.29 is 14.3 Å². The van der Waals surface area contributed by atoms with Gasteiger partial charge in [0.1, 0.15) is 11.4 Å². The summed E-state index contributed by atoms with van der Waals surface area (Å²) >= 11 is 0. The molecule has 0 radical (unpaired) electrons. The van der Waals surface area contributed by atoms with Gasteiger partial charge in [-0.25, -0.2) is 4.79 Å². The van der Waals surface area contributed by atoms with Crippen molar-refractivity contribution in [3.8, 4) is 5.75 Å². The van der Waals surface area contributed by atoms with Gasteiger partial charge in [0, 0.05) is 11.7 Å². The molecule has 0 atom stereocenters. The van der Waals surface area contributed by atoms with Crippen LogP contribution < -0.4 is 15.4 Å². The second kappa shape index (κ2) is 6.46. The maximum atomic E-state index is 11.9. The predicted molar refractivity (Wildman–Crippen MR) is 88.7 cm³/mol. The third-order valence-electron chi connectivity index (χ3n) is 3.58. The molecule has 1 aliphatic carbocycles. The molecule has 2 rings (SSSR count). The van der Waals surface area contributed by atoms with Crippen LogP contribution in [-0.4, -0.2) is 24.8 Å². The zero-order valence-corrected chi connectivity index (χ0v) is 14.0. The topological polar surface area (TPSA) is 59.6 Å². The lowest BCUT2D eigenvalue weighted by molar-refractivity contribution is 0.0635. The summed E-state index contributed by atoms with van der Waals surface area (Å²) in [4.78, 5) is 11.9. The molecule has 1 saturated carbocycles. The van der Waals surface area contributed by atoms with E-state index >= 15 is 0 Å². The minimum atomic E-state index is -0.532. The number of amides is 1. The number of ether oxygens (including phenoxy) is 2. The Balaban J connectivity index is 2.05. The van der Waals surface area contributed by atoms with Crippen molar-refractivity contribution in [3.05, 3.63) is 18.2 Å². The number of anilines is 2. The summed E-state index contributed by atoms with van der Waals surface area (Å²) in [5.74, 6) is 1.40. The SMILES string of the molecule is COc1ccc(NC2CC(C)C2)cc1NC(=O)OC(C)(C)C. The molecule has 0 saturated heterocycles. The van der Waals surface area contributed by atoms with Crippen molar-refractivity contribution in [3.63, 3.8) is 0 Å². The summed E-state index contributed by atoms with van der Waals surface area (Å²) in [6.45, 7) is 7.75. The molecule has 1 fully saturated rings. The maximum absolute atomic E-state index is 11.9. The van der Waals surface area contributed by atoms with Crippen LogP contribution in [0.5, 0.6) is 5.75 Å². The van der Waals surface area contributed by atoms with Gasteiger partial charge in [0.05, 0.1) is 12.8 Å². The number of methoxy groups -OCH3 is 1. The van der Waals surface area contributed by atoms with Crippen LogP contribution in [0.4, 0.5) is 16.2 Å². The molecule has 5 nitrogen and oxygen atoms in total. The van der Waals surface area contributed by atoms with Crippen LogP contribution in [0.25, 0.3) is 0 Å². The summed E-state index contributed by atoms with van der Waals surface area (Å²) in [6, 6.07) is 6.20. The molecule has 2 N–H and O–H groups in total. The van der Waals surface area contributed by atoms with E-state index in [2.05, 4.69) is 17.6 Å². The normalized spacial score (nSPS) is 20.8. The monoisotopic (exact) mass is 306 g/mol. The van der Waals surface area contributed by atoms with Crippen molar-refractivity contribution >= 4 is 17.5 Å². The standard InChI is InChI=1S/C17H26N2O3/c1-11-8-13(9-11)18-12-6-7-15(21-5)14(10-12)19-16(20)22-17(2,3)4/h6-7,10-11,13,18H,8-9H2,1-5H3,(H,19,20). The number of benzene rings is 1. The van der Waals surface area contributed by atoms with E-state index in [4.69, 9.17) is 9.47 Å². The highest BCUT2D eigenvalue weighted by Gasteiger charge is 2.25. The number of carbonyl (C=O) groups excluding carboxylic acids is 1. The Hall–Kier alpha value is -1.91. The Morgan fingerprint density at radius 3 is 2.50 bits per heavy atom. The molecular formula is C17H26N2O3. The van der Waals surface area contributed by atoms with Gasteiger partial charge in [0.2, 0.25) is 0 Å². The van der Waals surface area contributed by atoms with Gasteiger partial charge < -0.3 is 14.8 Å². The van der Waals surface area contributed by atoms with E-state index < -0.39 is 11.7 Å². The van der Waals surface area contributed by atoms with Crippen LogP contribution in [0.3, 0.4) is 0 Å². The van der Waals surface area contributed by atoms with Crippen LogP contribution >= 0.6 is 0 Å². The highest BCUT2D eigenvalue weighted by atomic mass is 16.6. The van der Waals surface area contributed by atoms with Crippen LogP contribution in [0.15, 0.2) is 18.2 Å². The molecule has 0 unspecified atom stereocenters. The van der Waals surface area contributed by atoms with Gasteiger partial charge in [-0.05, 0) is 57.7 Å². The first kappa shape index (κ1) is 16.5. The second-order valence-corrected chi connectivity index (χ2v) is 6.96. The minimum absolute atomic E-state index is 0.486. The summed E-state index contributed by atoms with van der Waals surface area (Å²) in [5.41, 5.74) is 1.05. The molecule has 1 aromatic rings. The Labute approximate surface area is 132 Å². The highest BCUT2D eigenvalue weighted by molar-refractivity contribution is 5.88. The Kier molecular flexibility index (Phi) is 4.84. The van der Waals surface area contributed by atoms with Gasteiger partial charge in [-0.15, -0.1) is 0 Å². The van der Waals surface area contributed by atoms with Gasteiger partial charge in [-0.3, -0.25) is 5.32 Å². The summed E-state index contributed by atoms with van der Waals surface area (Å²) in [7, 11) is 1.58. The van der Waals surface area contributed by atoms with Crippen molar-refractivity contribution in [2.75, 3.05) is 17.7 Å². The molecule has 1 aromatic carbocycles. The van der Waals surface area contributed by atoms with Crippen molar-refractivity contribution in [2.24, 2.45) is 5.92 Å². The second-order valence-electron chi connectivity index (χ2n) is 6.96. The molecule has 0 aromatic heterocycles. The number of hydrogen-bond acceptors (Lipinski definition) is 4. The summed E-state index contributed by atoms with van der Waals surface area (Å²) < 4.78 is 10.6. The van der Waals surface area contributed by atoms with Gasteiger partial charge in [0.25, 0.3) is 0 Å². The predicted octanol–water partition coefficient (Wildman–Crippen LogP) is 4.25. The highest BCUT2D eigenvalue weighted by Crippen LogP contribution is 2.33. The third-order valence-corrected chi connectivity index (χ3v) is 3.58. The number of carbonyl (C=O) groups is 1. The van der Waals surface area contributed by atoms with Crippen LogP contribution in [-0.2, 0) is 4.74 Å². The van der Waals surface area contributed by atoms with Crippen molar-refractivity contribution in [2.45, 2.75) is 52.2 Å². The first-order valence-corrected chi connectivity index (χ1v) is 7.71. The average Bonchev–Trinajstić information content (AvgIpc) is 2.35. The van der Waals surface area contributed by atoms with E-state index in [0.29, 0.717) is 17.5 Å². The lowest BCUT2D eigenvalue weighted by atomic mass is 9.82. The van der Waals surface area contributed by atoms with E-state index in [1.165, 1.54) is 12.8 Å². The third kappa shape index (κ3) is 4.55. The maximum Gasteiger partial charge on any atom is 0.412 e. The quantitative estimate of drug-likeness (QED) is 0.873. The van der Waals surface area contributed by atoms with Crippen LogP contribution in [0.1, 0.15) is 40.5 Å². The minimum Gasteiger partial charge on any atom is -0.495 e. The van der Waals surface area contributed by atoms with Gasteiger partial charge in [-0.1, -0.05) is 6.92 Å². The smallest absolute Gasteiger partial charge is 0.412 e. The fourth-order valence-corrected chi connectivity index (χ4v) is 2.56. The zero-order chi connectivity index (χ0) is 16.3. The number of hydrogen-bond donors (Lipinski definition) is 2. The van der Waals surface area contributed by atoms with E-state index in [1.54, 1.807) is 7.11 Å². The lowest BCUT2D eigenvalue weighted by Crippen LogP contribution is -2.33. The van der Waals surface area contributed by atoms with Gasteiger partial charge in [0.15, 0.2) is 0 Å². The van der Waals surface area contributed by atoms with Gasteiger partial charge >= 0.3 is 6.09 Å². The largest absolute Gasteiger partial charge is 0.495 e. The fourth-order valence-electron chi connectivity index (χ4n) is 2.56. The van der Waals surface area contributed by atoms with E-state index in [1.807, 2.05) is 39.0 Å². The molecule has 0 spiro atoms. The van der Waals surface area contributed by atoms with Crippen LogP contribution in [0.2, 0.25) is 0 Å². The average molecular weight is 306 g/mol. The Bertz CT molecular complexity index is 531. The van der Waals surface area contributed by atoms with E-state index in [9.17, 15) is 4.79 Å². The fraction of sp³-hybridized carbons (Fsp3) is 0.588. The molecule has 0 aliphatic heterocycles. The molecular weight excluding hydrogens is 280 g/mol. The Morgan fingerprint density at radius 1 is 1.27 bits per heavy atom. The van der Waals surface area contributed by atoms with E-state index in [-0.39, 0.29) is 0 Å². The molecule has 1 amide bonds. The lowest BCUT2D eigenvalue weighted by Gasteiger charge is -2.34. The van der Waals surface area contributed by atoms with Crippen molar-refractivity contribution in [1.82, 2.24) is 0 Å². The van der Waals surface area contributed by atoms with Crippen LogP contribution in [0, 0.1) is 5.92 Å². The summed E-state index contributed by atoms with van der Waals surface area (Å²) in [5, 5.41) is 6.22. The first-order chi connectivity index (χ1) is 10.3. The van der Waals surface area contributed by atoms with Gasteiger partial charge in [-0.2, -0.15) is 0 Å². The molecule has 22 heavy (non-hydrogen) atoms. The first-order valence-electron chi connectivity index (χ1n) is 7.71. The molecule has 122 valence electrons.